The largest absolute Gasteiger partial charge is 0.416 e. The van der Waals surface area contributed by atoms with Crippen molar-refractivity contribution in [3.05, 3.63) is 35.1 Å². The molecule has 0 aliphatic rings. The van der Waals surface area contributed by atoms with Crippen LogP contribution in [0.3, 0.4) is 0 Å². The number of nitrogens with two attached hydrogens (primary N) is 1. The van der Waals surface area contributed by atoms with Crippen molar-refractivity contribution in [2.24, 2.45) is 5.73 Å². The summed E-state index contributed by atoms with van der Waals surface area (Å²) in [5, 5.41) is 0. The summed E-state index contributed by atoms with van der Waals surface area (Å²) in [6.07, 6.45) is -4.56. The van der Waals surface area contributed by atoms with Crippen LogP contribution in [0.15, 0.2) is 18.2 Å². The van der Waals surface area contributed by atoms with Crippen LogP contribution in [0.5, 0.6) is 0 Å². The first-order valence-corrected chi connectivity index (χ1v) is 4.87. The van der Waals surface area contributed by atoms with E-state index in [-0.39, 0.29) is 12.1 Å². The van der Waals surface area contributed by atoms with E-state index in [9.17, 15) is 17.6 Å². The number of hydrogen-bond donors (Lipinski definition) is 1. The second kappa shape index (κ2) is 4.62. The molecule has 0 fully saturated rings. The van der Waals surface area contributed by atoms with Crippen molar-refractivity contribution < 1.29 is 22.3 Å². The monoisotopic (exact) mass is 251 g/mol. The van der Waals surface area contributed by atoms with Gasteiger partial charge in [-0.1, -0.05) is 6.07 Å². The van der Waals surface area contributed by atoms with Gasteiger partial charge in [0.25, 0.3) is 0 Å². The van der Waals surface area contributed by atoms with Crippen LogP contribution in [0.2, 0.25) is 0 Å². The van der Waals surface area contributed by atoms with Gasteiger partial charge in [-0.15, -0.1) is 0 Å². The molecule has 1 aromatic rings. The lowest BCUT2D eigenvalue weighted by molar-refractivity contribution is -0.137. The Morgan fingerprint density at radius 2 is 1.88 bits per heavy atom. The van der Waals surface area contributed by atoms with Gasteiger partial charge in [0, 0.05) is 19.2 Å². The summed E-state index contributed by atoms with van der Waals surface area (Å²) in [7, 11) is 1.32. The minimum absolute atomic E-state index is 0.00972. The normalized spacial score (nSPS) is 15.7. The molecule has 0 aliphatic heterocycles. The number of halogens is 4. The van der Waals surface area contributed by atoms with Gasteiger partial charge >= 0.3 is 6.18 Å². The molecule has 6 heteroatoms. The zero-order valence-corrected chi connectivity index (χ0v) is 9.44. The summed E-state index contributed by atoms with van der Waals surface area (Å²) in [4.78, 5) is 0. The Morgan fingerprint density at radius 1 is 1.29 bits per heavy atom. The third kappa shape index (κ3) is 2.76. The van der Waals surface area contributed by atoms with Crippen LogP contribution in [0, 0.1) is 5.82 Å². The first-order chi connectivity index (χ1) is 7.74. The second-order valence-electron chi connectivity index (χ2n) is 3.83. The van der Waals surface area contributed by atoms with Crippen molar-refractivity contribution >= 4 is 0 Å². The molecule has 2 nitrogen and oxygen atoms in total. The fourth-order valence-electron chi connectivity index (χ4n) is 1.42. The number of hydrogen-bond acceptors (Lipinski definition) is 2. The highest BCUT2D eigenvalue weighted by Gasteiger charge is 2.34. The van der Waals surface area contributed by atoms with E-state index in [0.717, 1.165) is 12.1 Å². The predicted molar refractivity (Wildman–Crippen MR) is 54.8 cm³/mol. The minimum Gasteiger partial charge on any atom is -0.372 e. The molecular weight excluding hydrogens is 238 g/mol. The molecule has 96 valence electrons. The van der Waals surface area contributed by atoms with E-state index in [1.165, 1.54) is 14.0 Å². The molecule has 1 unspecified atom stereocenters. The fourth-order valence-corrected chi connectivity index (χ4v) is 1.42. The maximum absolute atomic E-state index is 13.6. The first-order valence-electron chi connectivity index (χ1n) is 4.87. The lowest BCUT2D eigenvalue weighted by Crippen LogP contribution is -2.34. The highest BCUT2D eigenvalue weighted by atomic mass is 19.4. The molecular formula is C11H13F4NO. The van der Waals surface area contributed by atoms with Crippen LogP contribution < -0.4 is 5.73 Å². The van der Waals surface area contributed by atoms with Gasteiger partial charge in [-0.25, -0.2) is 4.39 Å². The quantitative estimate of drug-likeness (QED) is 0.838. The van der Waals surface area contributed by atoms with Crippen molar-refractivity contribution in [1.29, 1.82) is 0 Å². The van der Waals surface area contributed by atoms with Crippen LogP contribution in [0.25, 0.3) is 0 Å². The number of benzene rings is 1. The Balaban J connectivity index is 3.23. The summed E-state index contributed by atoms with van der Waals surface area (Å²) >= 11 is 0. The van der Waals surface area contributed by atoms with Gasteiger partial charge < -0.3 is 10.5 Å². The lowest BCUT2D eigenvalue weighted by Gasteiger charge is -2.27. The van der Waals surface area contributed by atoms with Crippen LogP contribution in [-0.2, 0) is 16.5 Å². The Kier molecular flexibility index (Phi) is 3.78. The van der Waals surface area contributed by atoms with Crippen LogP contribution in [0.1, 0.15) is 18.1 Å². The number of rotatable bonds is 3. The SMILES string of the molecule is COC(C)(CN)c1ccc(C(F)(F)F)cc1F. The molecule has 0 saturated carbocycles. The lowest BCUT2D eigenvalue weighted by atomic mass is 9.94. The summed E-state index contributed by atoms with van der Waals surface area (Å²) in [6.45, 7) is 1.48. The predicted octanol–water partition coefficient (Wildman–Crippen LogP) is 2.66. The maximum Gasteiger partial charge on any atom is 0.416 e. The molecule has 0 saturated heterocycles. The zero-order chi connectivity index (χ0) is 13.3. The van der Waals surface area contributed by atoms with Crippen LogP contribution in [-0.4, -0.2) is 13.7 Å². The topological polar surface area (TPSA) is 35.2 Å². The van der Waals surface area contributed by atoms with Gasteiger partial charge in [0.1, 0.15) is 11.4 Å². The average Bonchev–Trinajstić information content (AvgIpc) is 2.26. The van der Waals surface area contributed by atoms with Gasteiger partial charge in [0.05, 0.1) is 5.56 Å². The first kappa shape index (κ1) is 13.9. The molecule has 0 spiro atoms. The van der Waals surface area contributed by atoms with Crippen LogP contribution >= 0.6 is 0 Å². The highest BCUT2D eigenvalue weighted by Crippen LogP contribution is 2.33. The molecule has 2 N–H and O–H groups in total. The number of alkyl halides is 3. The van der Waals surface area contributed by atoms with E-state index in [1.54, 1.807) is 0 Å². The Morgan fingerprint density at radius 3 is 2.24 bits per heavy atom. The molecule has 1 aromatic carbocycles. The molecule has 0 aliphatic carbocycles. The minimum atomic E-state index is -4.56. The van der Waals surface area contributed by atoms with E-state index >= 15 is 0 Å². The Labute approximate surface area is 96.4 Å². The number of ether oxygens (including phenoxy) is 1. The molecule has 0 amide bonds. The summed E-state index contributed by atoms with van der Waals surface area (Å²) in [5.41, 5.74) is 3.27. The van der Waals surface area contributed by atoms with Gasteiger partial charge in [-0.3, -0.25) is 0 Å². The van der Waals surface area contributed by atoms with E-state index in [0.29, 0.717) is 6.07 Å². The maximum atomic E-state index is 13.6. The van der Waals surface area contributed by atoms with E-state index in [1.807, 2.05) is 0 Å². The molecule has 1 rings (SSSR count). The van der Waals surface area contributed by atoms with Gasteiger partial charge in [-0.2, -0.15) is 13.2 Å². The molecule has 0 heterocycles. The van der Waals surface area contributed by atoms with Crippen LogP contribution in [0.4, 0.5) is 17.6 Å². The summed E-state index contributed by atoms with van der Waals surface area (Å²) in [5.74, 6) is -0.977. The highest BCUT2D eigenvalue weighted by molar-refractivity contribution is 5.30. The smallest absolute Gasteiger partial charge is 0.372 e. The van der Waals surface area contributed by atoms with E-state index in [2.05, 4.69) is 0 Å². The fraction of sp³-hybridized carbons (Fsp3) is 0.455. The van der Waals surface area contributed by atoms with Crippen molar-refractivity contribution in [2.75, 3.05) is 13.7 Å². The van der Waals surface area contributed by atoms with Crippen molar-refractivity contribution in [1.82, 2.24) is 0 Å². The molecule has 0 bridgehead atoms. The van der Waals surface area contributed by atoms with Crippen molar-refractivity contribution in [3.8, 4) is 0 Å². The summed E-state index contributed by atoms with van der Waals surface area (Å²) in [6, 6.07) is 2.31. The summed E-state index contributed by atoms with van der Waals surface area (Å²) < 4.78 is 55.7. The zero-order valence-electron chi connectivity index (χ0n) is 9.44. The van der Waals surface area contributed by atoms with Gasteiger partial charge in [0.2, 0.25) is 0 Å². The van der Waals surface area contributed by atoms with Crippen molar-refractivity contribution in [3.63, 3.8) is 0 Å². The van der Waals surface area contributed by atoms with E-state index in [4.69, 9.17) is 10.5 Å². The number of methoxy groups -OCH3 is 1. The third-order valence-corrected chi connectivity index (χ3v) is 2.71. The van der Waals surface area contributed by atoms with Gasteiger partial charge in [0.15, 0.2) is 0 Å². The molecule has 0 radical (unpaired) electrons. The second-order valence-corrected chi connectivity index (χ2v) is 3.83. The Bertz CT molecular complexity index is 399. The van der Waals surface area contributed by atoms with E-state index < -0.39 is 23.2 Å². The third-order valence-electron chi connectivity index (χ3n) is 2.71. The standard InChI is InChI=1S/C11H13F4NO/c1-10(6-16,17-2)8-4-3-7(5-9(8)12)11(13,14)15/h3-5H,6,16H2,1-2H3. The Hall–Kier alpha value is -1.14. The molecule has 17 heavy (non-hydrogen) atoms. The van der Waals surface area contributed by atoms with Crippen molar-refractivity contribution in [2.45, 2.75) is 18.7 Å². The molecule has 0 aromatic heterocycles. The average molecular weight is 251 g/mol. The van der Waals surface area contributed by atoms with Gasteiger partial charge in [-0.05, 0) is 19.1 Å². The molecule has 1 atom stereocenters.